The Balaban J connectivity index is 2.14. The minimum absolute atomic E-state index is 0.102. The van der Waals surface area contributed by atoms with Gasteiger partial charge >= 0.3 is 5.63 Å². The molecule has 2 heterocycles. The molecule has 0 aliphatic rings. The molecule has 0 saturated carbocycles. The molecule has 0 spiro atoms. The van der Waals surface area contributed by atoms with E-state index in [9.17, 15) is 9.59 Å². The predicted molar refractivity (Wildman–Crippen MR) is 116 cm³/mol. The fraction of sp³-hybridized carbons (Fsp3) is 0.136. The summed E-state index contributed by atoms with van der Waals surface area (Å²) in [5.74, 6) is 1.32. The first-order valence-electron chi connectivity index (χ1n) is 9.06. The smallest absolute Gasteiger partial charge is 0.337 e. The van der Waals surface area contributed by atoms with Crippen molar-refractivity contribution in [3.8, 4) is 22.9 Å². The van der Waals surface area contributed by atoms with Crippen LogP contribution in [0.3, 0.4) is 0 Å². The number of benzene rings is 2. The van der Waals surface area contributed by atoms with Crippen LogP contribution in [0, 0.1) is 11.7 Å². The summed E-state index contributed by atoms with van der Waals surface area (Å²) < 4.78 is 19.0. The second kappa shape index (κ2) is 7.64. The van der Waals surface area contributed by atoms with Crippen LogP contribution in [-0.4, -0.2) is 23.4 Å². The number of hydrogen-bond acceptors (Lipinski definition) is 6. The second-order valence-electron chi connectivity index (χ2n) is 6.58. The van der Waals surface area contributed by atoms with Crippen LogP contribution in [0.15, 0.2) is 68.6 Å². The highest BCUT2D eigenvalue weighted by atomic mass is 32.1. The maximum Gasteiger partial charge on any atom is 0.337 e. The summed E-state index contributed by atoms with van der Waals surface area (Å²) >= 11 is 5.68. The summed E-state index contributed by atoms with van der Waals surface area (Å²) in [5.41, 5.74) is 0.877. The van der Waals surface area contributed by atoms with Gasteiger partial charge in [-0.3, -0.25) is 13.9 Å². The maximum atomic E-state index is 13.4. The first kappa shape index (κ1) is 19.7. The van der Waals surface area contributed by atoms with E-state index in [0.717, 1.165) is 0 Å². The van der Waals surface area contributed by atoms with Gasteiger partial charge in [0.15, 0.2) is 4.77 Å². The number of ether oxygens (including phenoxy) is 2. The van der Waals surface area contributed by atoms with Crippen LogP contribution in [0.25, 0.3) is 22.5 Å². The van der Waals surface area contributed by atoms with Crippen molar-refractivity contribution in [3.05, 3.63) is 85.7 Å². The second-order valence-corrected chi connectivity index (χ2v) is 6.95. The first-order chi connectivity index (χ1) is 14.4. The van der Waals surface area contributed by atoms with Gasteiger partial charge in [-0.1, -0.05) is 0 Å². The molecule has 152 valence electrons. The Hall–Kier alpha value is -3.65. The summed E-state index contributed by atoms with van der Waals surface area (Å²) in [6, 6.07) is 15.4. The van der Waals surface area contributed by atoms with Crippen LogP contribution >= 0.6 is 12.2 Å². The van der Waals surface area contributed by atoms with Crippen molar-refractivity contribution in [2.45, 2.75) is 6.92 Å². The molecule has 2 aromatic heterocycles. The molecule has 7 nitrogen and oxygen atoms in total. The van der Waals surface area contributed by atoms with Crippen LogP contribution in [-0.2, 0) is 0 Å². The Morgan fingerprint density at radius 1 is 0.833 bits per heavy atom. The molecular weight excluding hydrogens is 404 g/mol. The highest BCUT2D eigenvalue weighted by Crippen LogP contribution is 2.23. The van der Waals surface area contributed by atoms with Gasteiger partial charge in [0.25, 0.3) is 5.56 Å². The number of methoxy groups -OCH3 is 2. The van der Waals surface area contributed by atoms with Crippen molar-refractivity contribution in [3.63, 3.8) is 0 Å². The summed E-state index contributed by atoms with van der Waals surface area (Å²) in [7, 11) is 3.14. The molecular formula is C22H18N2O5S. The molecule has 0 aliphatic heterocycles. The topological polar surface area (TPSA) is 75.6 Å². The van der Waals surface area contributed by atoms with Crippen molar-refractivity contribution < 1.29 is 13.9 Å². The van der Waals surface area contributed by atoms with E-state index in [2.05, 4.69) is 0 Å². The molecule has 0 atom stereocenters. The monoisotopic (exact) mass is 422 g/mol. The molecule has 0 N–H and O–H groups in total. The van der Waals surface area contributed by atoms with Crippen LogP contribution in [0.4, 0.5) is 0 Å². The number of fused-ring (bicyclic) bond motifs is 1. The molecule has 8 heteroatoms. The fourth-order valence-corrected chi connectivity index (χ4v) is 3.69. The van der Waals surface area contributed by atoms with E-state index in [1.807, 2.05) is 0 Å². The van der Waals surface area contributed by atoms with Crippen LogP contribution in [0.2, 0.25) is 0 Å². The van der Waals surface area contributed by atoms with Crippen molar-refractivity contribution in [1.82, 2.24) is 9.13 Å². The van der Waals surface area contributed by atoms with Gasteiger partial charge in [-0.15, -0.1) is 0 Å². The SMILES string of the molecule is COc1ccc(-n2c(=O)c3c(C)cc(=O)oc3n(-c3ccc(OC)cc3)c2=S)cc1. The van der Waals surface area contributed by atoms with Gasteiger partial charge in [0.1, 0.15) is 16.9 Å². The zero-order valence-electron chi connectivity index (χ0n) is 16.5. The van der Waals surface area contributed by atoms with Crippen molar-refractivity contribution in [2.75, 3.05) is 14.2 Å². The van der Waals surface area contributed by atoms with Crippen LogP contribution in [0.1, 0.15) is 5.56 Å². The van der Waals surface area contributed by atoms with Gasteiger partial charge < -0.3 is 13.9 Å². The fourth-order valence-electron chi connectivity index (χ4n) is 3.31. The summed E-state index contributed by atoms with van der Waals surface area (Å²) in [4.78, 5) is 25.5. The van der Waals surface area contributed by atoms with E-state index in [1.54, 1.807) is 74.2 Å². The van der Waals surface area contributed by atoms with E-state index in [0.29, 0.717) is 28.4 Å². The molecule has 4 rings (SSSR count). The molecule has 0 bridgehead atoms. The first-order valence-corrected chi connectivity index (χ1v) is 9.47. The Morgan fingerprint density at radius 3 is 1.83 bits per heavy atom. The largest absolute Gasteiger partial charge is 0.497 e. The molecule has 0 amide bonds. The minimum atomic E-state index is -0.557. The van der Waals surface area contributed by atoms with Gasteiger partial charge in [0.2, 0.25) is 5.71 Å². The van der Waals surface area contributed by atoms with E-state index < -0.39 is 5.63 Å². The summed E-state index contributed by atoms with van der Waals surface area (Å²) in [5, 5.41) is 0.273. The zero-order chi connectivity index (χ0) is 21.4. The number of rotatable bonds is 4. The summed E-state index contributed by atoms with van der Waals surface area (Å²) in [6.07, 6.45) is 0. The maximum absolute atomic E-state index is 13.4. The van der Waals surface area contributed by atoms with Crippen molar-refractivity contribution in [1.29, 1.82) is 0 Å². The Kier molecular flexibility index (Phi) is 5.01. The lowest BCUT2D eigenvalue weighted by molar-refractivity contribution is 0.414. The Morgan fingerprint density at radius 2 is 1.33 bits per heavy atom. The molecule has 2 aromatic carbocycles. The molecule has 0 saturated heterocycles. The molecule has 0 aliphatic carbocycles. The van der Waals surface area contributed by atoms with E-state index in [1.165, 1.54) is 10.6 Å². The average molecular weight is 422 g/mol. The number of nitrogens with zero attached hydrogens (tertiary/aromatic N) is 2. The third-order valence-electron chi connectivity index (χ3n) is 4.80. The molecule has 30 heavy (non-hydrogen) atoms. The number of hydrogen-bond donors (Lipinski definition) is 0. The van der Waals surface area contributed by atoms with Gasteiger partial charge in [0.05, 0.1) is 25.6 Å². The number of aryl methyl sites for hydroxylation is 1. The Labute approximate surface area is 176 Å². The zero-order valence-corrected chi connectivity index (χ0v) is 17.4. The Bertz CT molecular complexity index is 1410. The molecule has 0 unspecified atom stereocenters. The van der Waals surface area contributed by atoms with E-state index in [4.69, 9.17) is 26.1 Å². The quantitative estimate of drug-likeness (QED) is 0.466. The molecule has 0 radical (unpaired) electrons. The predicted octanol–water partition coefficient (Wildman–Crippen LogP) is 3.79. The van der Waals surface area contributed by atoms with Gasteiger partial charge in [0, 0.05) is 6.07 Å². The highest BCUT2D eigenvalue weighted by Gasteiger charge is 2.18. The molecule has 0 fully saturated rings. The summed E-state index contributed by atoms with van der Waals surface area (Å²) in [6.45, 7) is 1.69. The normalized spacial score (nSPS) is 10.9. The van der Waals surface area contributed by atoms with Crippen molar-refractivity contribution >= 4 is 23.3 Å². The van der Waals surface area contributed by atoms with Gasteiger partial charge in [-0.05, 0) is 73.2 Å². The third kappa shape index (κ3) is 3.21. The number of aromatic nitrogens is 2. The molecule has 4 aromatic rings. The third-order valence-corrected chi connectivity index (χ3v) is 5.17. The lowest BCUT2D eigenvalue weighted by Crippen LogP contribution is -2.25. The highest BCUT2D eigenvalue weighted by molar-refractivity contribution is 7.71. The van der Waals surface area contributed by atoms with E-state index >= 15 is 0 Å². The van der Waals surface area contributed by atoms with Gasteiger partial charge in [-0.25, -0.2) is 4.79 Å². The van der Waals surface area contributed by atoms with Crippen LogP contribution in [0.5, 0.6) is 11.5 Å². The standard InChI is InChI=1S/C22H18N2O5S/c1-13-12-18(25)29-21-19(13)20(26)23(14-4-8-16(27-2)9-5-14)22(30)24(21)15-6-10-17(28-3)11-7-15/h4-12H,1-3H3. The van der Waals surface area contributed by atoms with Crippen LogP contribution < -0.4 is 20.7 Å². The van der Waals surface area contributed by atoms with E-state index in [-0.39, 0.29) is 21.4 Å². The lowest BCUT2D eigenvalue weighted by atomic mass is 10.2. The van der Waals surface area contributed by atoms with Crippen molar-refractivity contribution in [2.24, 2.45) is 0 Å². The minimum Gasteiger partial charge on any atom is -0.497 e. The average Bonchev–Trinajstić information content (AvgIpc) is 2.74. The lowest BCUT2D eigenvalue weighted by Gasteiger charge is -2.16. The van der Waals surface area contributed by atoms with Gasteiger partial charge in [-0.2, -0.15) is 0 Å².